The number of carbonyl (C=O) groups is 2. The van der Waals surface area contributed by atoms with E-state index in [-0.39, 0.29) is 0 Å². The van der Waals surface area contributed by atoms with Crippen molar-refractivity contribution in [3.63, 3.8) is 0 Å². The van der Waals surface area contributed by atoms with E-state index in [1.165, 1.54) is 23.1 Å². The van der Waals surface area contributed by atoms with Gasteiger partial charge in [-0.25, -0.2) is 9.78 Å². The van der Waals surface area contributed by atoms with Gasteiger partial charge in [0.25, 0.3) is 5.91 Å². The second kappa shape index (κ2) is 8.64. The molecule has 0 aliphatic rings. The lowest BCUT2D eigenvalue weighted by molar-refractivity contribution is -0.127. The van der Waals surface area contributed by atoms with Crippen LogP contribution in [0.25, 0.3) is 0 Å². The number of rotatable bonds is 7. The molecule has 0 saturated carbocycles. The van der Waals surface area contributed by atoms with Gasteiger partial charge in [-0.05, 0) is 12.1 Å². The number of carbonyl (C=O) groups excluding carboxylic acids is 2. The van der Waals surface area contributed by atoms with E-state index in [1.807, 2.05) is 23.6 Å². The number of ether oxygens (including phenoxy) is 1. The maximum absolute atomic E-state index is 12.7. The molecule has 0 fully saturated rings. The maximum atomic E-state index is 12.7. The van der Waals surface area contributed by atoms with Gasteiger partial charge in [-0.2, -0.15) is 0 Å². The maximum Gasteiger partial charge on any atom is 0.340 e. The highest BCUT2D eigenvalue weighted by atomic mass is 32.2. The second-order valence-electron chi connectivity index (χ2n) is 5.36. The van der Waals surface area contributed by atoms with Crippen molar-refractivity contribution in [1.29, 1.82) is 0 Å². The topological polar surface area (TPSA) is 82.3 Å². The summed E-state index contributed by atoms with van der Waals surface area (Å²) in [6.45, 7) is 0. The molecule has 3 rings (SSSR count). The Kier molecular flexibility index (Phi) is 6.04. The summed E-state index contributed by atoms with van der Waals surface area (Å²) < 4.78 is 5.42. The summed E-state index contributed by atoms with van der Waals surface area (Å²) in [5, 5.41) is 1.96. The van der Waals surface area contributed by atoms with E-state index in [9.17, 15) is 9.59 Å². The first-order valence-corrected chi connectivity index (χ1v) is 9.72. The van der Waals surface area contributed by atoms with Crippen LogP contribution in [0.3, 0.4) is 0 Å². The number of aromatic nitrogens is 1. The standard InChI is InChI=1S/C19H16N2O3S2/c20-18(22)17(13-6-2-1-3-7-13)24-19(23)15-8-4-5-9-16(15)26-11-14-10-25-12-21-14/h1-10,12,17H,11H2,(H2,20,22). The normalized spacial score (nSPS) is 11.7. The Hall–Kier alpha value is -2.64. The third-order valence-electron chi connectivity index (χ3n) is 3.55. The van der Waals surface area contributed by atoms with Crippen LogP contribution in [0.2, 0.25) is 0 Å². The van der Waals surface area contributed by atoms with Crippen LogP contribution in [0.1, 0.15) is 27.7 Å². The number of thiazole rings is 1. The Labute approximate surface area is 159 Å². The molecule has 0 bridgehead atoms. The molecule has 0 spiro atoms. The van der Waals surface area contributed by atoms with E-state index in [2.05, 4.69) is 4.98 Å². The first kappa shape index (κ1) is 18.2. The minimum Gasteiger partial charge on any atom is -0.444 e. The predicted octanol–water partition coefficient (Wildman–Crippen LogP) is 3.82. The molecule has 1 atom stereocenters. The van der Waals surface area contributed by atoms with Crippen LogP contribution in [-0.2, 0) is 15.3 Å². The van der Waals surface area contributed by atoms with Gasteiger partial charge >= 0.3 is 5.97 Å². The second-order valence-corrected chi connectivity index (χ2v) is 7.10. The van der Waals surface area contributed by atoms with Crippen LogP contribution in [0, 0.1) is 0 Å². The number of nitrogens with zero attached hydrogens (tertiary/aromatic N) is 1. The highest BCUT2D eigenvalue weighted by Gasteiger charge is 2.24. The van der Waals surface area contributed by atoms with Crippen LogP contribution in [-0.4, -0.2) is 16.9 Å². The van der Waals surface area contributed by atoms with Crippen molar-refractivity contribution in [3.05, 3.63) is 82.3 Å². The summed E-state index contributed by atoms with van der Waals surface area (Å²) in [4.78, 5) is 29.4. The molecule has 3 aromatic rings. The van der Waals surface area contributed by atoms with Gasteiger partial charge in [0.15, 0.2) is 0 Å². The summed E-state index contributed by atoms with van der Waals surface area (Å²) in [5.74, 6) is -0.651. The minimum absolute atomic E-state index is 0.398. The van der Waals surface area contributed by atoms with Gasteiger partial charge in [-0.1, -0.05) is 42.5 Å². The molecule has 26 heavy (non-hydrogen) atoms. The van der Waals surface area contributed by atoms with Crippen molar-refractivity contribution >= 4 is 35.0 Å². The number of nitrogens with two attached hydrogens (primary N) is 1. The van der Waals surface area contributed by atoms with Crippen molar-refractivity contribution in [2.45, 2.75) is 16.8 Å². The molecule has 2 aromatic carbocycles. The van der Waals surface area contributed by atoms with E-state index in [4.69, 9.17) is 10.5 Å². The summed E-state index contributed by atoms with van der Waals surface area (Å²) in [7, 11) is 0. The summed E-state index contributed by atoms with van der Waals surface area (Å²) >= 11 is 3.02. The molecule has 132 valence electrons. The number of esters is 1. The molecular formula is C19H16N2O3S2. The number of hydrogen-bond donors (Lipinski definition) is 1. The summed E-state index contributed by atoms with van der Waals surface area (Å²) in [5.41, 5.74) is 9.09. The van der Waals surface area contributed by atoms with Crippen LogP contribution < -0.4 is 5.73 Å². The average molecular weight is 384 g/mol. The molecule has 1 heterocycles. The molecule has 1 amide bonds. The fourth-order valence-electron chi connectivity index (χ4n) is 2.31. The first-order chi connectivity index (χ1) is 12.6. The third-order valence-corrected chi connectivity index (χ3v) is 5.29. The fourth-order valence-corrected chi connectivity index (χ4v) is 3.92. The monoisotopic (exact) mass is 384 g/mol. The van der Waals surface area contributed by atoms with Gasteiger partial charge in [0.1, 0.15) is 0 Å². The Morgan fingerprint density at radius 1 is 1.12 bits per heavy atom. The third kappa shape index (κ3) is 4.50. The molecule has 0 aliphatic heterocycles. The zero-order valence-electron chi connectivity index (χ0n) is 13.7. The van der Waals surface area contributed by atoms with Crippen molar-refractivity contribution in [3.8, 4) is 0 Å². The van der Waals surface area contributed by atoms with Crippen molar-refractivity contribution in [2.75, 3.05) is 0 Å². The van der Waals surface area contributed by atoms with Crippen LogP contribution in [0.4, 0.5) is 0 Å². The lowest BCUT2D eigenvalue weighted by Gasteiger charge is -2.16. The number of thioether (sulfide) groups is 1. The smallest absolute Gasteiger partial charge is 0.340 e. The van der Waals surface area contributed by atoms with Crippen molar-refractivity contribution < 1.29 is 14.3 Å². The van der Waals surface area contributed by atoms with Gasteiger partial charge in [0.05, 0.1) is 16.8 Å². The van der Waals surface area contributed by atoms with Gasteiger partial charge in [0, 0.05) is 21.6 Å². The summed E-state index contributed by atoms with van der Waals surface area (Å²) in [6.07, 6.45) is -1.12. The first-order valence-electron chi connectivity index (χ1n) is 7.79. The lowest BCUT2D eigenvalue weighted by Crippen LogP contribution is -2.26. The molecule has 5 nitrogen and oxygen atoms in total. The number of primary amides is 1. The fraction of sp³-hybridized carbons (Fsp3) is 0.105. The van der Waals surface area contributed by atoms with E-state index >= 15 is 0 Å². The number of amides is 1. The van der Waals surface area contributed by atoms with E-state index in [0.29, 0.717) is 16.9 Å². The van der Waals surface area contributed by atoms with Crippen molar-refractivity contribution in [1.82, 2.24) is 4.98 Å². The van der Waals surface area contributed by atoms with E-state index < -0.39 is 18.0 Å². The molecule has 0 saturated heterocycles. The van der Waals surface area contributed by atoms with Crippen LogP contribution >= 0.6 is 23.1 Å². The number of benzene rings is 2. The van der Waals surface area contributed by atoms with Gasteiger partial charge in [-0.3, -0.25) is 4.79 Å². The Bertz CT molecular complexity index is 883. The zero-order chi connectivity index (χ0) is 18.4. The molecular weight excluding hydrogens is 368 g/mol. The predicted molar refractivity (Wildman–Crippen MR) is 102 cm³/mol. The molecule has 2 N–H and O–H groups in total. The molecule has 0 radical (unpaired) electrons. The van der Waals surface area contributed by atoms with Gasteiger partial charge in [0.2, 0.25) is 6.10 Å². The van der Waals surface area contributed by atoms with Gasteiger partial charge < -0.3 is 10.5 Å². The van der Waals surface area contributed by atoms with Gasteiger partial charge in [-0.15, -0.1) is 23.1 Å². The number of hydrogen-bond acceptors (Lipinski definition) is 6. The van der Waals surface area contributed by atoms with Crippen molar-refractivity contribution in [2.24, 2.45) is 5.73 Å². The van der Waals surface area contributed by atoms with Crippen LogP contribution in [0.5, 0.6) is 0 Å². The lowest BCUT2D eigenvalue weighted by atomic mass is 10.1. The van der Waals surface area contributed by atoms with E-state index in [0.717, 1.165) is 10.6 Å². The highest BCUT2D eigenvalue weighted by molar-refractivity contribution is 7.98. The Balaban J connectivity index is 1.77. The molecule has 1 aromatic heterocycles. The van der Waals surface area contributed by atoms with Crippen LogP contribution in [0.15, 0.2) is 70.4 Å². The summed E-state index contributed by atoms with van der Waals surface area (Å²) in [6, 6.07) is 15.9. The Morgan fingerprint density at radius 3 is 2.54 bits per heavy atom. The average Bonchev–Trinajstić information content (AvgIpc) is 3.18. The largest absolute Gasteiger partial charge is 0.444 e. The molecule has 1 unspecified atom stereocenters. The van der Waals surface area contributed by atoms with E-state index in [1.54, 1.807) is 41.9 Å². The highest BCUT2D eigenvalue weighted by Crippen LogP contribution is 2.28. The quantitative estimate of drug-likeness (QED) is 0.495. The molecule has 7 heteroatoms. The molecule has 0 aliphatic carbocycles. The minimum atomic E-state index is -1.12. The Morgan fingerprint density at radius 2 is 1.85 bits per heavy atom. The zero-order valence-corrected chi connectivity index (χ0v) is 15.3. The SMILES string of the molecule is NC(=O)C(OC(=O)c1ccccc1SCc1cscn1)c1ccccc1.